The summed E-state index contributed by atoms with van der Waals surface area (Å²) in [4.78, 5) is 0. The van der Waals surface area contributed by atoms with Gasteiger partial charge in [-0.15, -0.1) is 0 Å². The van der Waals surface area contributed by atoms with Crippen molar-refractivity contribution in [1.82, 2.24) is 0 Å². The Balaban J connectivity index is 1.66. The molecule has 0 radical (unpaired) electrons. The van der Waals surface area contributed by atoms with E-state index in [0.29, 0.717) is 12.0 Å². The first-order valence-electron chi connectivity index (χ1n) is 9.26. The summed E-state index contributed by atoms with van der Waals surface area (Å²) >= 11 is 0. The minimum atomic E-state index is -1.63. The van der Waals surface area contributed by atoms with Gasteiger partial charge in [0.2, 0.25) is 5.79 Å². The van der Waals surface area contributed by atoms with Crippen LogP contribution < -0.4 is 0 Å². The number of aliphatic hydroxyl groups is 5. The van der Waals surface area contributed by atoms with Gasteiger partial charge < -0.3 is 35.0 Å². The molecule has 0 bridgehead atoms. The van der Waals surface area contributed by atoms with Crippen LogP contribution in [0.2, 0.25) is 0 Å². The zero-order valence-electron chi connectivity index (χ0n) is 15.2. The van der Waals surface area contributed by atoms with E-state index in [9.17, 15) is 20.4 Å². The van der Waals surface area contributed by atoms with E-state index >= 15 is 0 Å². The first-order chi connectivity index (χ1) is 13.5. The molecule has 2 aliphatic heterocycles. The molecule has 2 aromatic rings. The summed E-state index contributed by atoms with van der Waals surface area (Å²) < 4.78 is 11.5. The molecule has 4 rings (SSSR count). The van der Waals surface area contributed by atoms with Crippen molar-refractivity contribution in [3.8, 4) is 0 Å². The van der Waals surface area contributed by atoms with E-state index < -0.39 is 36.8 Å². The van der Waals surface area contributed by atoms with Crippen molar-refractivity contribution in [3.05, 3.63) is 70.3 Å². The predicted molar refractivity (Wildman–Crippen MR) is 98.1 cm³/mol. The lowest BCUT2D eigenvalue weighted by Gasteiger charge is -2.46. The van der Waals surface area contributed by atoms with E-state index in [-0.39, 0.29) is 13.2 Å². The van der Waals surface area contributed by atoms with Crippen LogP contribution in [0.4, 0.5) is 0 Å². The van der Waals surface area contributed by atoms with Gasteiger partial charge in [-0.05, 0) is 34.7 Å². The first-order valence-corrected chi connectivity index (χ1v) is 9.26. The second-order valence-electron chi connectivity index (χ2n) is 7.36. The van der Waals surface area contributed by atoms with Crippen LogP contribution in [-0.4, -0.2) is 56.6 Å². The van der Waals surface area contributed by atoms with Gasteiger partial charge in [0.05, 0.1) is 19.8 Å². The SMILES string of the molecule is OCc1ccc(Cc2ccc3c(c2)[C@]2(OC3)O[C@H](CO)[C@@H](O)[C@H](O)[C@H]2O)cc1. The summed E-state index contributed by atoms with van der Waals surface area (Å²) in [6.07, 6.45) is -4.86. The highest BCUT2D eigenvalue weighted by atomic mass is 16.7. The van der Waals surface area contributed by atoms with Crippen molar-refractivity contribution in [1.29, 1.82) is 0 Å². The lowest BCUT2D eigenvalue weighted by molar-refractivity contribution is -0.368. The molecule has 28 heavy (non-hydrogen) atoms. The second-order valence-corrected chi connectivity index (χ2v) is 7.36. The minimum Gasteiger partial charge on any atom is -0.394 e. The molecule has 5 atom stereocenters. The van der Waals surface area contributed by atoms with Gasteiger partial charge >= 0.3 is 0 Å². The zero-order chi connectivity index (χ0) is 19.9. The number of aliphatic hydroxyl groups excluding tert-OH is 5. The number of ether oxygens (including phenoxy) is 2. The van der Waals surface area contributed by atoms with Gasteiger partial charge in [0.15, 0.2) is 0 Å². The second kappa shape index (κ2) is 7.53. The van der Waals surface area contributed by atoms with Crippen LogP contribution in [0.1, 0.15) is 27.8 Å². The Bertz CT molecular complexity index is 835. The number of benzene rings is 2. The highest BCUT2D eigenvalue weighted by Gasteiger charge is 2.58. The van der Waals surface area contributed by atoms with Crippen molar-refractivity contribution in [3.63, 3.8) is 0 Å². The molecule has 7 nitrogen and oxygen atoms in total. The summed E-state index contributed by atoms with van der Waals surface area (Å²) in [5.74, 6) is -1.63. The van der Waals surface area contributed by atoms with Crippen molar-refractivity contribution in [2.75, 3.05) is 6.61 Å². The Morgan fingerprint density at radius 3 is 2.25 bits per heavy atom. The smallest absolute Gasteiger partial charge is 0.225 e. The van der Waals surface area contributed by atoms with Crippen LogP contribution in [0.25, 0.3) is 0 Å². The minimum absolute atomic E-state index is 0.00554. The van der Waals surface area contributed by atoms with Gasteiger partial charge in [0, 0.05) is 5.56 Å². The lowest BCUT2D eigenvalue weighted by atomic mass is 9.86. The molecule has 0 aliphatic carbocycles. The van der Waals surface area contributed by atoms with E-state index in [2.05, 4.69) is 0 Å². The van der Waals surface area contributed by atoms with Crippen molar-refractivity contribution >= 4 is 0 Å². The van der Waals surface area contributed by atoms with Crippen LogP contribution in [0.5, 0.6) is 0 Å². The van der Waals surface area contributed by atoms with Gasteiger partial charge in [-0.1, -0.05) is 36.4 Å². The van der Waals surface area contributed by atoms with Crippen molar-refractivity contribution in [2.24, 2.45) is 0 Å². The lowest BCUT2D eigenvalue weighted by Crippen LogP contribution is -2.63. The molecule has 2 aliphatic rings. The fourth-order valence-corrected chi connectivity index (χ4v) is 3.93. The Hall–Kier alpha value is -1.84. The van der Waals surface area contributed by atoms with Crippen LogP contribution in [0, 0.1) is 0 Å². The maximum absolute atomic E-state index is 10.6. The van der Waals surface area contributed by atoms with Gasteiger partial charge in [0.1, 0.15) is 24.4 Å². The summed E-state index contributed by atoms with van der Waals surface area (Å²) in [6.45, 7) is -0.324. The molecular weight excluding hydrogens is 364 g/mol. The third-order valence-corrected chi connectivity index (χ3v) is 5.56. The monoisotopic (exact) mass is 388 g/mol. The first kappa shape index (κ1) is 19.5. The third-order valence-electron chi connectivity index (χ3n) is 5.56. The summed E-state index contributed by atoms with van der Waals surface area (Å²) in [6, 6.07) is 13.3. The zero-order valence-corrected chi connectivity index (χ0v) is 15.2. The molecule has 5 N–H and O–H groups in total. The van der Waals surface area contributed by atoms with Crippen LogP contribution >= 0.6 is 0 Å². The van der Waals surface area contributed by atoms with Crippen LogP contribution in [0.15, 0.2) is 42.5 Å². The van der Waals surface area contributed by atoms with Crippen LogP contribution in [-0.2, 0) is 34.9 Å². The Morgan fingerprint density at radius 2 is 1.57 bits per heavy atom. The Kier molecular flexibility index (Phi) is 5.24. The predicted octanol–water partition coefficient (Wildman–Crippen LogP) is -0.0735. The molecule has 2 aromatic carbocycles. The molecule has 7 heteroatoms. The average molecular weight is 388 g/mol. The third kappa shape index (κ3) is 3.15. The number of hydrogen-bond acceptors (Lipinski definition) is 7. The molecule has 0 unspecified atom stereocenters. The number of rotatable bonds is 4. The highest BCUT2D eigenvalue weighted by Crippen LogP contribution is 2.46. The maximum atomic E-state index is 10.6. The normalized spacial score (nSPS) is 31.9. The molecular formula is C21H24O7. The maximum Gasteiger partial charge on any atom is 0.225 e. The molecule has 0 saturated carbocycles. The summed E-state index contributed by atoms with van der Waals surface area (Å²) in [7, 11) is 0. The summed E-state index contributed by atoms with van der Waals surface area (Å²) in [5.41, 5.74) is 4.26. The van der Waals surface area contributed by atoms with Crippen molar-refractivity contribution in [2.45, 2.75) is 49.8 Å². The highest BCUT2D eigenvalue weighted by molar-refractivity contribution is 5.41. The largest absolute Gasteiger partial charge is 0.394 e. The van der Waals surface area contributed by atoms with E-state index in [1.807, 2.05) is 42.5 Å². The quantitative estimate of drug-likeness (QED) is 0.497. The topological polar surface area (TPSA) is 120 Å². The number of fused-ring (bicyclic) bond motifs is 2. The average Bonchev–Trinajstić information content (AvgIpc) is 3.08. The van der Waals surface area contributed by atoms with Gasteiger partial charge in [-0.25, -0.2) is 0 Å². The fraction of sp³-hybridized carbons (Fsp3) is 0.429. The molecule has 150 valence electrons. The van der Waals surface area contributed by atoms with Crippen LogP contribution in [0.3, 0.4) is 0 Å². The molecule has 0 aromatic heterocycles. The summed E-state index contributed by atoms with van der Waals surface area (Å²) in [5, 5.41) is 49.6. The van der Waals surface area contributed by atoms with Gasteiger partial charge in [-0.3, -0.25) is 0 Å². The van der Waals surface area contributed by atoms with E-state index in [1.165, 1.54) is 0 Å². The molecule has 1 saturated heterocycles. The fourth-order valence-electron chi connectivity index (χ4n) is 3.93. The van der Waals surface area contributed by atoms with Crippen molar-refractivity contribution < 1.29 is 35.0 Å². The van der Waals surface area contributed by atoms with Gasteiger partial charge in [-0.2, -0.15) is 0 Å². The standard InChI is InChI=1S/C21H24O7/c22-9-13-3-1-12(2-4-13)7-14-5-6-15-11-27-21(16(15)8-14)20(26)19(25)18(24)17(10-23)28-21/h1-6,8,17-20,22-26H,7,9-11H2/t17-,18-,19+,20-,21+/m1/s1. The Labute approximate surface area is 162 Å². The molecule has 2 heterocycles. The molecule has 0 amide bonds. The van der Waals surface area contributed by atoms with E-state index in [0.717, 1.165) is 22.3 Å². The molecule has 1 fully saturated rings. The molecule has 1 spiro atoms. The van der Waals surface area contributed by atoms with E-state index in [1.54, 1.807) is 0 Å². The number of hydrogen-bond donors (Lipinski definition) is 5. The Morgan fingerprint density at radius 1 is 0.893 bits per heavy atom. The van der Waals surface area contributed by atoms with E-state index in [4.69, 9.17) is 14.6 Å². The van der Waals surface area contributed by atoms with Gasteiger partial charge in [0.25, 0.3) is 0 Å².